The first kappa shape index (κ1) is 28.3. The summed E-state index contributed by atoms with van der Waals surface area (Å²) in [6.07, 6.45) is 3.05. The van der Waals surface area contributed by atoms with Gasteiger partial charge in [-0.15, -0.1) is 0 Å². The number of aryl methyl sites for hydroxylation is 1. The number of esters is 1. The van der Waals surface area contributed by atoms with Crippen molar-refractivity contribution >= 4 is 39.9 Å². The smallest absolute Gasteiger partial charge is 0.350 e. The summed E-state index contributed by atoms with van der Waals surface area (Å²) in [5.74, 6) is -1.70. The maximum Gasteiger partial charge on any atom is 0.350 e. The van der Waals surface area contributed by atoms with Crippen molar-refractivity contribution in [2.45, 2.75) is 19.9 Å². The Morgan fingerprint density at radius 3 is 2.48 bits per heavy atom. The third-order valence-electron chi connectivity index (χ3n) is 5.94. The maximum atomic E-state index is 13.5. The number of aromatic nitrogens is 1. The van der Waals surface area contributed by atoms with Gasteiger partial charge in [-0.25, -0.2) is 9.78 Å². The quantitative estimate of drug-likeness (QED) is 0.109. The highest BCUT2D eigenvalue weighted by Gasteiger charge is 2.48. The Balaban J connectivity index is 1.86. The van der Waals surface area contributed by atoms with Crippen molar-refractivity contribution in [3.63, 3.8) is 0 Å². The summed E-state index contributed by atoms with van der Waals surface area (Å²) in [7, 11) is 0. The van der Waals surface area contributed by atoms with Crippen molar-refractivity contribution in [3.8, 4) is 11.5 Å². The second-order valence-corrected chi connectivity index (χ2v) is 9.57. The molecule has 0 saturated carbocycles. The van der Waals surface area contributed by atoms with Crippen LogP contribution in [-0.2, 0) is 14.3 Å². The fourth-order valence-corrected chi connectivity index (χ4v) is 5.16. The molecule has 40 heavy (non-hydrogen) atoms. The fourth-order valence-electron chi connectivity index (χ4n) is 4.18. The number of Topliss-reactive ketones (excluding diaryl/α,β-unsaturated/α-hetero) is 1. The van der Waals surface area contributed by atoms with Gasteiger partial charge in [-0.1, -0.05) is 60.9 Å². The summed E-state index contributed by atoms with van der Waals surface area (Å²) >= 11 is 0.925. The molecule has 1 N–H and O–H groups in total. The number of benzene rings is 2. The molecule has 2 aromatic carbocycles. The summed E-state index contributed by atoms with van der Waals surface area (Å²) in [5.41, 5.74) is 1.05. The molecule has 2 heterocycles. The molecule has 1 aliphatic rings. The standard InChI is InChI=1S/C30H28N2O7S/c1-5-15-38-21-13-11-19(12-14-21)24-23(25(33)20-9-8-10-22(17-20)37-7-3)26(34)28(35)32(24)30-31-18(4)27(40-30)29(36)39-16-6-2/h5-6,8-14,17,24,33H,1-2,7,15-16H2,3-4H3/b25-23+. The van der Waals surface area contributed by atoms with Crippen LogP contribution in [0.3, 0.4) is 0 Å². The van der Waals surface area contributed by atoms with E-state index in [0.717, 1.165) is 11.3 Å². The zero-order valence-corrected chi connectivity index (χ0v) is 22.9. The zero-order valence-electron chi connectivity index (χ0n) is 22.1. The monoisotopic (exact) mass is 560 g/mol. The molecule has 1 saturated heterocycles. The Morgan fingerprint density at radius 2 is 1.80 bits per heavy atom. The van der Waals surface area contributed by atoms with E-state index in [-0.39, 0.29) is 27.9 Å². The molecule has 0 spiro atoms. The Kier molecular flexibility index (Phi) is 8.80. The number of aliphatic hydroxyl groups excluding tert-OH is 1. The minimum Gasteiger partial charge on any atom is -0.507 e. The van der Waals surface area contributed by atoms with Gasteiger partial charge in [0.2, 0.25) is 0 Å². The highest BCUT2D eigenvalue weighted by atomic mass is 32.1. The predicted molar refractivity (Wildman–Crippen MR) is 152 cm³/mol. The minimum atomic E-state index is -1.04. The minimum absolute atomic E-state index is 0.0110. The van der Waals surface area contributed by atoms with Crippen molar-refractivity contribution in [2.24, 2.45) is 0 Å². The lowest BCUT2D eigenvalue weighted by Crippen LogP contribution is -2.29. The molecule has 1 aliphatic heterocycles. The van der Waals surface area contributed by atoms with Crippen molar-refractivity contribution in [2.75, 3.05) is 24.7 Å². The van der Waals surface area contributed by atoms with Gasteiger partial charge in [0.15, 0.2) is 5.13 Å². The van der Waals surface area contributed by atoms with Crippen LogP contribution >= 0.6 is 11.3 Å². The molecule has 0 radical (unpaired) electrons. The maximum absolute atomic E-state index is 13.5. The van der Waals surface area contributed by atoms with Crippen molar-refractivity contribution in [3.05, 3.63) is 101 Å². The number of ether oxygens (including phenoxy) is 3. The number of nitrogens with zero attached hydrogens (tertiary/aromatic N) is 2. The molecule has 1 aromatic heterocycles. The number of thiazole rings is 1. The van der Waals surface area contributed by atoms with E-state index in [4.69, 9.17) is 14.2 Å². The number of hydrogen-bond donors (Lipinski definition) is 1. The average molecular weight is 561 g/mol. The second kappa shape index (κ2) is 12.4. The molecule has 206 valence electrons. The molecule has 1 amide bonds. The molecular weight excluding hydrogens is 532 g/mol. The van der Waals surface area contributed by atoms with Crippen molar-refractivity contribution < 1.29 is 33.7 Å². The molecule has 1 atom stereocenters. The molecule has 3 aromatic rings. The van der Waals surface area contributed by atoms with E-state index in [2.05, 4.69) is 18.1 Å². The summed E-state index contributed by atoms with van der Waals surface area (Å²) in [6, 6.07) is 12.4. The lowest BCUT2D eigenvalue weighted by Gasteiger charge is -2.23. The Morgan fingerprint density at radius 1 is 1.07 bits per heavy atom. The van der Waals surface area contributed by atoms with E-state index in [1.165, 1.54) is 11.0 Å². The van der Waals surface area contributed by atoms with E-state index >= 15 is 0 Å². The van der Waals surface area contributed by atoms with Crippen LogP contribution in [0.5, 0.6) is 11.5 Å². The van der Waals surface area contributed by atoms with Gasteiger partial charge >= 0.3 is 11.9 Å². The number of amides is 1. The molecule has 0 bridgehead atoms. The molecule has 10 heteroatoms. The Bertz CT molecular complexity index is 1490. The van der Waals surface area contributed by atoms with E-state index in [1.807, 2.05) is 6.92 Å². The van der Waals surface area contributed by atoms with Gasteiger partial charge in [0, 0.05) is 5.56 Å². The van der Waals surface area contributed by atoms with Gasteiger partial charge in [0.05, 0.1) is 23.9 Å². The first-order chi connectivity index (χ1) is 19.3. The topological polar surface area (TPSA) is 115 Å². The van der Waals surface area contributed by atoms with E-state index < -0.39 is 23.7 Å². The zero-order chi connectivity index (χ0) is 28.8. The number of carbonyl (C=O) groups excluding carboxylic acids is 3. The Hall–Kier alpha value is -4.70. The molecular formula is C30H28N2O7S. The summed E-state index contributed by atoms with van der Waals surface area (Å²) in [5, 5.41) is 11.5. The lowest BCUT2D eigenvalue weighted by atomic mass is 9.95. The van der Waals surface area contributed by atoms with Gasteiger partial charge in [0.1, 0.15) is 35.3 Å². The van der Waals surface area contributed by atoms with Crippen LogP contribution in [0.2, 0.25) is 0 Å². The predicted octanol–water partition coefficient (Wildman–Crippen LogP) is 5.38. The summed E-state index contributed by atoms with van der Waals surface area (Å²) in [4.78, 5) is 45.3. The molecule has 4 rings (SSSR count). The number of hydrogen-bond acceptors (Lipinski definition) is 9. The van der Waals surface area contributed by atoms with E-state index in [0.29, 0.717) is 41.5 Å². The van der Waals surface area contributed by atoms with Crippen molar-refractivity contribution in [1.29, 1.82) is 0 Å². The van der Waals surface area contributed by atoms with Crippen molar-refractivity contribution in [1.82, 2.24) is 4.98 Å². The van der Waals surface area contributed by atoms with Gasteiger partial charge in [-0.3, -0.25) is 14.5 Å². The van der Waals surface area contributed by atoms with Crippen LogP contribution in [-0.4, -0.2) is 47.6 Å². The van der Waals surface area contributed by atoms with E-state index in [9.17, 15) is 19.5 Å². The largest absolute Gasteiger partial charge is 0.507 e. The van der Waals surface area contributed by atoms with Crippen LogP contribution in [0.25, 0.3) is 5.76 Å². The molecule has 9 nitrogen and oxygen atoms in total. The van der Waals surface area contributed by atoms with Gasteiger partial charge in [0.25, 0.3) is 5.78 Å². The molecule has 1 fully saturated rings. The number of ketones is 1. The van der Waals surface area contributed by atoms with Gasteiger partial charge in [-0.2, -0.15) is 0 Å². The van der Waals surface area contributed by atoms with Crippen LogP contribution in [0.1, 0.15) is 39.5 Å². The Labute approximate surface area is 235 Å². The summed E-state index contributed by atoms with van der Waals surface area (Å²) < 4.78 is 16.3. The number of rotatable bonds is 11. The average Bonchev–Trinajstić information content (AvgIpc) is 3.47. The van der Waals surface area contributed by atoms with Gasteiger partial charge < -0.3 is 19.3 Å². The normalized spacial score (nSPS) is 16.1. The molecule has 0 aliphatic carbocycles. The number of carbonyl (C=O) groups is 3. The van der Waals surface area contributed by atoms with E-state index in [1.54, 1.807) is 61.5 Å². The number of anilines is 1. The lowest BCUT2D eigenvalue weighted by molar-refractivity contribution is -0.132. The number of aliphatic hydroxyl groups is 1. The van der Waals surface area contributed by atoms with Gasteiger partial charge in [-0.05, 0) is 43.7 Å². The van der Waals surface area contributed by atoms with Crippen LogP contribution in [0.4, 0.5) is 5.13 Å². The molecule has 1 unspecified atom stereocenters. The fraction of sp³-hybridized carbons (Fsp3) is 0.200. The summed E-state index contributed by atoms with van der Waals surface area (Å²) in [6.45, 7) is 11.3. The first-order valence-corrected chi connectivity index (χ1v) is 13.3. The van der Waals surface area contributed by atoms with Crippen LogP contribution in [0.15, 0.2) is 79.4 Å². The third-order valence-corrected chi connectivity index (χ3v) is 7.07. The first-order valence-electron chi connectivity index (χ1n) is 12.4. The third kappa shape index (κ3) is 5.67. The highest BCUT2D eigenvalue weighted by molar-refractivity contribution is 7.17. The highest BCUT2D eigenvalue weighted by Crippen LogP contribution is 2.44. The van der Waals surface area contributed by atoms with Crippen LogP contribution < -0.4 is 14.4 Å². The van der Waals surface area contributed by atoms with Crippen LogP contribution in [0, 0.1) is 6.92 Å². The second-order valence-electron chi connectivity index (χ2n) is 8.60. The SMILES string of the molecule is C=CCOC(=O)c1sc(N2C(=O)C(=O)/C(=C(/O)c3cccc(OCC)c3)C2c2ccc(OCC=C)cc2)nc1C.